The predicted molar refractivity (Wildman–Crippen MR) is 120 cm³/mol. The summed E-state index contributed by atoms with van der Waals surface area (Å²) in [5, 5.41) is 3.27. The third-order valence-corrected chi connectivity index (χ3v) is 5.92. The fraction of sp³-hybridized carbons (Fsp3) is 0.136. The van der Waals surface area contributed by atoms with Crippen LogP contribution in [0.2, 0.25) is 5.02 Å². The van der Waals surface area contributed by atoms with Crippen molar-refractivity contribution in [1.29, 1.82) is 0 Å². The van der Waals surface area contributed by atoms with Gasteiger partial charge in [0.1, 0.15) is 11.5 Å². The highest BCUT2D eigenvalue weighted by Crippen LogP contribution is 2.21. The quantitative estimate of drug-likeness (QED) is 0.514. The molecule has 3 rings (SSSR count). The van der Waals surface area contributed by atoms with Crippen LogP contribution in [0.25, 0.3) is 0 Å². The molecule has 1 amide bonds. The molecule has 0 fully saturated rings. The molecule has 31 heavy (non-hydrogen) atoms. The average Bonchev–Trinajstić information content (AvgIpc) is 2.76. The Labute approximate surface area is 186 Å². The predicted octanol–water partition coefficient (Wildman–Crippen LogP) is 4.56. The van der Waals surface area contributed by atoms with E-state index >= 15 is 0 Å². The molecule has 3 aromatic rings. The Morgan fingerprint density at radius 3 is 2.00 bits per heavy atom. The van der Waals surface area contributed by atoms with E-state index in [-0.39, 0.29) is 10.8 Å². The molecule has 0 spiro atoms. The van der Waals surface area contributed by atoms with E-state index in [1.54, 1.807) is 55.5 Å². The van der Waals surface area contributed by atoms with Gasteiger partial charge in [0.15, 0.2) is 6.10 Å². The summed E-state index contributed by atoms with van der Waals surface area (Å²) in [7, 11) is -2.25. The molecule has 0 bridgehead atoms. The highest BCUT2D eigenvalue weighted by atomic mass is 35.5. The Bertz CT molecular complexity index is 1130. The van der Waals surface area contributed by atoms with Gasteiger partial charge < -0.3 is 14.8 Å². The molecule has 9 heteroatoms. The average molecular weight is 461 g/mol. The molecule has 162 valence electrons. The van der Waals surface area contributed by atoms with Crippen molar-refractivity contribution in [2.24, 2.45) is 0 Å². The standard InChI is InChI=1S/C22H21ClN2O5S/c1-15(30-20-9-3-16(23)4-10-20)22(26)24-17-7-13-21(14-8-17)31(27,28)25-18-5-11-19(29-2)12-6-18/h3-15,25H,1-2H3,(H,24,26). The number of amides is 1. The number of hydrogen-bond donors (Lipinski definition) is 2. The van der Waals surface area contributed by atoms with Crippen LogP contribution in [0, 0.1) is 0 Å². The zero-order valence-corrected chi connectivity index (χ0v) is 18.4. The number of rotatable bonds is 8. The first-order chi connectivity index (χ1) is 14.8. The molecule has 0 heterocycles. The van der Waals surface area contributed by atoms with Gasteiger partial charge in [-0.15, -0.1) is 0 Å². The van der Waals surface area contributed by atoms with Crippen LogP contribution in [0.15, 0.2) is 77.7 Å². The number of carbonyl (C=O) groups excluding carboxylic acids is 1. The lowest BCUT2D eigenvalue weighted by atomic mass is 10.3. The SMILES string of the molecule is COc1ccc(NS(=O)(=O)c2ccc(NC(=O)C(C)Oc3ccc(Cl)cc3)cc2)cc1. The smallest absolute Gasteiger partial charge is 0.265 e. The van der Waals surface area contributed by atoms with Crippen molar-refractivity contribution in [3.05, 3.63) is 77.8 Å². The van der Waals surface area contributed by atoms with Gasteiger partial charge in [-0.3, -0.25) is 9.52 Å². The third-order valence-electron chi connectivity index (χ3n) is 4.27. The van der Waals surface area contributed by atoms with Gasteiger partial charge in [0.2, 0.25) is 0 Å². The molecule has 0 aliphatic heterocycles. The molecule has 0 saturated carbocycles. The van der Waals surface area contributed by atoms with Crippen molar-refractivity contribution in [2.45, 2.75) is 17.9 Å². The molecule has 1 unspecified atom stereocenters. The molecular weight excluding hydrogens is 440 g/mol. The van der Waals surface area contributed by atoms with E-state index in [4.69, 9.17) is 21.1 Å². The lowest BCUT2D eigenvalue weighted by Gasteiger charge is -2.15. The van der Waals surface area contributed by atoms with E-state index in [1.807, 2.05) is 0 Å². The minimum absolute atomic E-state index is 0.0618. The van der Waals surface area contributed by atoms with E-state index in [2.05, 4.69) is 10.0 Å². The molecule has 1 atom stereocenters. The summed E-state index contributed by atoms with van der Waals surface area (Å²) in [4.78, 5) is 12.4. The van der Waals surface area contributed by atoms with E-state index in [0.717, 1.165) is 0 Å². The summed E-state index contributed by atoms with van der Waals surface area (Å²) >= 11 is 5.83. The zero-order chi connectivity index (χ0) is 22.4. The van der Waals surface area contributed by atoms with E-state index in [9.17, 15) is 13.2 Å². The first kappa shape index (κ1) is 22.5. The van der Waals surface area contributed by atoms with Crippen LogP contribution in [-0.4, -0.2) is 27.5 Å². The molecule has 3 aromatic carbocycles. The molecule has 7 nitrogen and oxygen atoms in total. The fourth-order valence-electron chi connectivity index (χ4n) is 2.61. The maximum atomic E-state index is 12.6. The number of halogens is 1. The molecule has 0 radical (unpaired) electrons. The summed E-state index contributed by atoms with van der Waals surface area (Å²) < 4.78 is 38.3. The highest BCUT2D eigenvalue weighted by Gasteiger charge is 2.17. The van der Waals surface area contributed by atoms with Crippen LogP contribution in [0.4, 0.5) is 11.4 Å². The van der Waals surface area contributed by atoms with Crippen molar-refractivity contribution in [1.82, 2.24) is 0 Å². The van der Waals surface area contributed by atoms with Crippen molar-refractivity contribution >= 4 is 38.9 Å². The first-order valence-electron chi connectivity index (χ1n) is 9.27. The van der Waals surface area contributed by atoms with Crippen molar-refractivity contribution < 1.29 is 22.7 Å². The monoisotopic (exact) mass is 460 g/mol. The van der Waals surface area contributed by atoms with Crippen molar-refractivity contribution in [3.63, 3.8) is 0 Å². The zero-order valence-electron chi connectivity index (χ0n) is 16.8. The van der Waals surface area contributed by atoms with Gasteiger partial charge in [0.05, 0.1) is 12.0 Å². The number of hydrogen-bond acceptors (Lipinski definition) is 5. The molecular formula is C22H21ClN2O5S. The Hall–Kier alpha value is -3.23. The van der Waals surface area contributed by atoms with Gasteiger partial charge in [0.25, 0.3) is 15.9 Å². The second-order valence-electron chi connectivity index (χ2n) is 6.56. The molecule has 0 saturated heterocycles. The Morgan fingerprint density at radius 2 is 1.42 bits per heavy atom. The Morgan fingerprint density at radius 1 is 0.871 bits per heavy atom. The van der Waals surface area contributed by atoms with Crippen LogP contribution in [0.3, 0.4) is 0 Å². The van der Waals surface area contributed by atoms with Gasteiger partial charge in [-0.05, 0) is 79.7 Å². The number of sulfonamides is 1. The molecule has 0 aliphatic rings. The maximum Gasteiger partial charge on any atom is 0.265 e. The van der Waals surface area contributed by atoms with Gasteiger partial charge in [-0.1, -0.05) is 11.6 Å². The van der Waals surface area contributed by atoms with Gasteiger partial charge in [-0.2, -0.15) is 0 Å². The summed E-state index contributed by atoms with van der Waals surface area (Å²) in [5.41, 5.74) is 0.853. The Kier molecular flexibility index (Phi) is 7.04. The topological polar surface area (TPSA) is 93.7 Å². The summed E-state index contributed by atoms with van der Waals surface area (Å²) in [6, 6.07) is 19.0. The van der Waals surface area contributed by atoms with Crippen LogP contribution < -0.4 is 19.5 Å². The summed E-state index contributed by atoms with van der Waals surface area (Å²) in [6.07, 6.45) is -0.763. The number of ether oxygens (including phenoxy) is 2. The number of methoxy groups -OCH3 is 1. The number of anilines is 2. The van der Waals surface area contributed by atoms with Crippen molar-refractivity contribution in [3.8, 4) is 11.5 Å². The lowest BCUT2D eigenvalue weighted by molar-refractivity contribution is -0.122. The van der Waals surface area contributed by atoms with Crippen LogP contribution in [0.1, 0.15) is 6.92 Å². The van der Waals surface area contributed by atoms with E-state index in [0.29, 0.717) is 27.9 Å². The van der Waals surface area contributed by atoms with Gasteiger partial charge >= 0.3 is 0 Å². The van der Waals surface area contributed by atoms with Crippen LogP contribution in [-0.2, 0) is 14.8 Å². The second-order valence-corrected chi connectivity index (χ2v) is 8.68. The molecule has 0 aliphatic carbocycles. The van der Waals surface area contributed by atoms with E-state index < -0.39 is 16.1 Å². The lowest BCUT2D eigenvalue weighted by Crippen LogP contribution is -2.30. The minimum Gasteiger partial charge on any atom is -0.497 e. The summed E-state index contributed by atoms with van der Waals surface area (Å²) in [5.74, 6) is 0.761. The largest absolute Gasteiger partial charge is 0.497 e. The number of carbonyl (C=O) groups is 1. The fourth-order valence-corrected chi connectivity index (χ4v) is 3.79. The van der Waals surface area contributed by atoms with Gasteiger partial charge in [0, 0.05) is 16.4 Å². The number of benzene rings is 3. The van der Waals surface area contributed by atoms with E-state index in [1.165, 1.54) is 31.4 Å². The van der Waals surface area contributed by atoms with Gasteiger partial charge in [-0.25, -0.2) is 8.42 Å². The second kappa shape index (κ2) is 9.72. The third kappa shape index (κ3) is 6.13. The highest BCUT2D eigenvalue weighted by molar-refractivity contribution is 7.92. The summed E-state index contributed by atoms with van der Waals surface area (Å²) in [6.45, 7) is 1.61. The van der Waals surface area contributed by atoms with Crippen molar-refractivity contribution in [2.75, 3.05) is 17.1 Å². The maximum absolute atomic E-state index is 12.6. The van der Waals surface area contributed by atoms with Crippen LogP contribution >= 0.6 is 11.6 Å². The minimum atomic E-state index is -3.78. The number of nitrogens with one attached hydrogen (secondary N) is 2. The Balaban J connectivity index is 1.61. The molecule has 2 N–H and O–H groups in total. The van der Waals surface area contributed by atoms with Crippen LogP contribution in [0.5, 0.6) is 11.5 Å². The normalized spacial score (nSPS) is 12.0. The first-order valence-corrected chi connectivity index (χ1v) is 11.1. The molecule has 0 aromatic heterocycles.